The van der Waals surface area contributed by atoms with Crippen LogP contribution in [-0.2, 0) is 19.0 Å². The molecule has 0 N–H and O–H groups in total. The molecule has 4 nitrogen and oxygen atoms in total. The normalized spacial score (nSPS) is 26.4. The lowest BCUT2D eigenvalue weighted by atomic mass is 9.91. The zero-order valence-electron chi connectivity index (χ0n) is 15.5. The van der Waals surface area contributed by atoms with Crippen LogP contribution in [0, 0.1) is 17.6 Å². The van der Waals surface area contributed by atoms with E-state index in [1.807, 2.05) is 0 Å². The van der Waals surface area contributed by atoms with Crippen molar-refractivity contribution in [1.29, 1.82) is 0 Å². The second kappa shape index (κ2) is 7.97. The fraction of sp³-hybridized carbons (Fsp3) is 0.409. The van der Waals surface area contributed by atoms with E-state index < -0.39 is 18.1 Å². The van der Waals surface area contributed by atoms with Gasteiger partial charge in [0.05, 0.1) is 25.4 Å². The van der Waals surface area contributed by atoms with Crippen LogP contribution in [0.3, 0.4) is 0 Å². The Morgan fingerprint density at radius 2 is 1.57 bits per heavy atom. The first-order valence-electron chi connectivity index (χ1n) is 9.45. The van der Waals surface area contributed by atoms with Gasteiger partial charge in [0.2, 0.25) is 0 Å². The molecule has 148 valence electrons. The van der Waals surface area contributed by atoms with Crippen molar-refractivity contribution in [3.05, 3.63) is 71.3 Å². The molecule has 0 amide bonds. The predicted molar refractivity (Wildman–Crippen MR) is 97.5 cm³/mol. The standard InChI is InChI=1S/C22H22F2O4/c1-26-22(25)20-18-11-10-17(27-18)12-19(20)28-21(13-2-6-15(23)7-3-13)14-4-8-16(24)9-5-14/h2-9,17-21H,10-12H2,1H3/t17-,18+,19-,20+/m0/s1. The van der Waals surface area contributed by atoms with Crippen molar-refractivity contribution >= 4 is 5.97 Å². The Bertz CT molecular complexity index is 776. The number of rotatable bonds is 5. The van der Waals surface area contributed by atoms with E-state index in [1.165, 1.54) is 31.4 Å². The van der Waals surface area contributed by atoms with Gasteiger partial charge in [-0.3, -0.25) is 4.79 Å². The smallest absolute Gasteiger partial charge is 0.313 e. The van der Waals surface area contributed by atoms with Gasteiger partial charge in [-0.1, -0.05) is 24.3 Å². The molecule has 0 aromatic heterocycles. The highest BCUT2D eigenvalue weighted by Crippen LogP contribution is 2.41. The zero-order chi connectivity index (χ0) is 19.7. The highest BCUT2D eigenvalue weighted by Gasteiger charge is 2.48. The van der Waals surface area contributed by atoms with Gasteiger partial charge in [0, 0.05) is 6.42 Å². The number of fused-ring (bicyclic) bond motifs is 2. The molecule has 2 aliphatic rings. The molecule has 2 saturated heterocycles. The van der Waals surface area contributed by atoms with Crippen molar-refractivity contribution in [2.24, 2.45) is 5.92 Å². The lowest BCUT2D eigenvalue weighted by Crippen LogP contribution is -2.45. The van der Waals surface area contributed by atoms with Crippen molar-refractivity contribution in [3.8, 4) is 0 Å². The van der Waals surface area contributed by atoms with E-state index in [2.05, 4.69) is 0 Å². The maximum Gasteiger partial charge on any atom is 0.313 e. The van der Waals surface area contributed by atoms with Crippen LogP contribution in [-0.4, -0.2) is 31.4 Å². The number of carbonyl (C=O) groups is 1. The minimum atomic E-state index is -0.559. The van der Waals surface area contributed by atoms with E-state index in [1.54, 1.807) is 24.3 Å². The summed E-state index contributed by atoms with van der Waals surface area (Å²) < 4.78 is 44.2. The van der Waals surface area contributed by atoms with Gasteiger partial charge in [-0.25, -0.2) is 8.78 Å². The van der Waals surface area contributed by atoms with E-state index in [0.717, 1.165) is 24.0 Å². The fourth-order valence-corrected chi connectivity index (χ4v) is 4.20. The average Bonchev–Trinajstić information content (AvgIpc) is 3.08. The van der Waals surface area contributed by atoms with Crippen LogP contribution >= 0.6 is 0 Å². The summed E-state index contributed by atoms with van der Waals surface area (Å²) in [5, 5.41) is 0. The minimum absolute atomic E-state index is 0.0537. The molecule has 0 spiro atoms. The Hall–Kier alpha value is -2.31. The third-order valence-corrected chi connectivity index (χ3v) is 5.57. The van der Waals surface area contributed by atoms with Crippen molar-refractivity contribution in [3.63, 3.8) is 0 Å². The van der Waals surface area contributed by atoms with Gasteiger partial charge in [-0.2, -0.15) is 0 Å². The lowest BCUT2D eigenvalue weighted by Gasteiger charge is -2.37. The van der Waals surface area contributed by atoms with Crippen LogP contribution < -0.4 is 0 Å². The number of hydrogen-bond donors (Lipinski definition) is 0. The van der Waals surface area contributed by atoms with E-state index in [-0.39, 0.29) is 29.8 Å². The lowest BCUT2D eigenvalue weighted by molar-refractivity contribution is -0.176. The van der Waals surface area contributed by atoms with Crippen LogP contribution in [0.25, 0.3) is 0 Å². The Kier molecular flexibility index (Phi) is 5.42. The number of benzene rings is 2. The van der Waals surface area contributed by atoms with Crippen LogP contribution in [0.1, 0.15) is 36.5 Å². The number of ether oxygens (including phenoxy) is 3. The first-order chi connectivity index (χ1) is 13.5. The number of esters is 1. The molecule has 2 aromatic rings. The fourth-order valence-electron chi connectivity index (χ4n) is 4.20. The maximum absolute atomic E-state index is 13.4. The van der Waals surface area contributed by atoms with Crippen molar-refractivity contribution < 1.29 is 27.8 Å². The number of halogens is 2. The first-order valence-corrected chi connectivity index (χ1v) is 9.45. The van der Waals surface area contributed by atoms with Crippen LogP contribution in [0.15, 0.2) is 48.5 Å². The average molecular weight is 388 g/mol. The molecule has 2 fully saturated rings. The monoisotopic (exact) mass is 388 g/mol. The van der Waals surface area contributed by atoms with E-state index in [4.69, 9.17) is 14.2 Å². The van der Waals surface area contributed by atoms with Crippen LogP contribution in [0.5, 0.6) is 0 Å². The molecular weight excluding hydrogens is 366 g/mol. The molecule has 2 aliphatic heterocycles. The number of methoxy groups -OCH3 is 1. The van der Waals surface area contributed by atoms with Gasteiger partial charge in [0.15, 0.2) is 0 Å². The van der Waals surface area contributed by atoms with Crippen molar-refractivity contribution in [2.45, 2.75) is 43.7 Å². The topological polar surface area (TPSA) is 44.8 Å². The van der Waals surface area contributed by atoms with Crippen molar-refractivity contribution in [2.75, 3.05) is 7.11 Å². The molecule has 0 radical (unpaired) electrons. The summed E-state index contributed by atoms with van der Waals surface area (Å²) in [5.74, 6) is -1.57. The molecule has 28 heavy (non-hydrogen) atoms. The molecular formula is C22H22F2O4. The summed E-state index contributed by atoms with van der Waals surface area (Å²) in [6.07, 6.45) is 1.12. The molecule has 6 heteroatoms. The number of hydrogen-bond acceptors (Lipinski definition) is 4. The van der Waals surface area contributed by atoms with E-state index in [9.17, 15) is 13.6 Å². The van der Waals surface area contributed by atoms with Gasteiger partial charge in [0.1, 0.15) is 23.7 Å². The summed E-state index contributed by atoms with van der Waals surface area (Å²) >= 11 is 0. The summed E-state index contributed by atoms with van der Waals surface area (Å²) in [6, 6.07) is 12.0. The Labute approximate surface area is 162 Å². The molecule has 0 unspecified atom stereocenters. The molecule has 0 aliphatic carbocycles. The Morgan fingerprint density at radius 3 is 2.11 bits per heavy atom. The third-order valence-electron chi connectivity index (χ3n) is 5.57. The van der Waals surface area contributed by atoms with Gasteiger partial charge >= 0.3 is 5.97 Å². The predicted octanol–water partition coefficient (Wildman–Crippen LogP) is 4.18. The van der Waals surface area contributed by atoms with Gasteiger partial charge < -0.3 is 14.2 Å². The second-order valence-electron chi connectivity index (χ2n) is 7.32. The number of carbonyl (C=O) groups excluding carboxylic acids is 1. The summed E-state index contributed by atoms with van der Waals surface area (Å²) in [4.78, 5) is 12.4. The molecule has 2 aromatic carbocycles. The molecule has 0 saturated carbocycles. The first kappa shape index (κ1) is 19.0. The Morgan fingerprint density at radius 1 is 1.00 bits per heavy atom. The maximum atomic E-state index is 13.4. The highest BCUT2D eigenvalue weighted by molar-refractivity contribution is 5.74. The quantitative estimate of drug-likeness (QED) is 0.721. The van der Waals surface area contributed by atoms with E-state index >= 15 is 0 Å². The van der Waals surface area contributed by atoms with Gasteiger partial charge in [-0.15, -0.1) is 0 Å². The highest BCUT2D eigenvalue weighted by atomic mass is 19.1. The van der Waals surface area contributed by atoms with Crippen LogP contribution in [0.4, 0.5) is 8.78 Å². The van der Waals surface area contributed by atoms with Gasteiger partial charge in [0.25, 0.3) is 0 Å². The largest absolute Gasteiger partial charge is 0.469 e. The minimum Gasteiger partial charge on any atom is -0.469 e. The van der Waals surface area contributed by atoms with E-state index in [0.29, 0.717) is 6.42 Å². The summed E-state index contributed by atoms with van der Waals surface area (Å²) in [6.45, 7) is 0. The molecule has 4 rings (SSSR count). The third kappa shape index (κ3) is 3.80. The SMILES string of the molecule is COC(=O)[C@H]1[C@@H](OC(c2ccc(F)cc2)c2ccc(F)cc2)C[C@@H]2CC[C@H]1O2. The summed E-state index contributed by atoms with van der Waals surface area (Å²) in [5.41, 5.74) is 1.46. The molecule has 2 heterocycles. The van der Waals surface area contributed by atoms with Crippen molar-refractivity contribution in [1.82, 2.24) is 0 Å². The Balaban J connectivity index is 1.67. The second-order valence-corrected chi connectivity index (χ2v) is 7.32. The zero-order valence-corrected chi connectivity index (χ0v) is 15.5. The summed E-state index contributed by atoms with van der Waals surface area (Å²) in [7, 11) is 1.36. The molecule has 4 atom stereocenters. The molecule has 2 bridgehead atoms. The van der Waals surface area contributed by atoms with Crippen LogP contribution in [0.2, 0.25) is 0 Å². The van der Waals surface area contributed by atoms with Gasteiger partial charge in [-0.05, 0) is 48.2 Å².